The third-order valence-electron chi connectivity index (χ3n) is 3.98. The second-order valence-electron chi connectivity index (χ2n) is 5.80. The lowest BCUT2D eigenvalue weighted by Gasteiger charge is -2.12. The first-order valence-electron chi connectivity index (χ1n) is 8.41. The fourth-order valence-electron chi connectivity index (χ4n) is 2.74. The molecule has 0 spiro atoms. The van der Waals surface area contributed by atoms with Crippen LogP contribution in [-0.4, -0.2) is 36.8 Å². The van der Waals surface area contributed by atoms with Gasteiger partial charge < -0.3 is 19.5 Å². The Morgan fingerprint density at radius 1 is 1.11 bits per heavy atom. The molecule has 1 aromatic carbocycles. The van der Waals surface area contributed by atoms with Gasteiger partial charge in [0.05, 0.1) is 26.2 Å². The molecular weight excluding hydrogens is 366 g/mol. The van der Waals surface area contributed by atoms with Crippen LogP contribution in [0.25, 0.3) is 10.2 Å². The van der Waals surface area contributed by atoms with Crippen LogP contribution in [0.1, 0.15) is 28.0 Å². The smallest absolute Gasteiger partial charge is 0.348 e. The van der Waals surface area contributed by atoms with Crippen molar-refractivity contribution in [1.29, 1.82) is 0 Å². The lowest BCUT2D eigenvalue weighted by Crippen LogP contribution is -2.04. The van der Waals surface area contributed by atoms with Crippen molar-refractivity contribution < 1.29 is 19.0 Å². The molecule has 0 amide bonds. The van der Waals surface area contributed by atoms with E-state index in [1.807, 2.05) is 26.0 Å². The van der Waals surface area contributed by atoms with Crippen molar-refractivity contribution in [3.8, 4) is 11.5 Å². The van der Waals surface area contributed by atoms with Crippen molar-refractivity contribution in [3.05, 3.63) is 34.5 Å². The predicted molar refractivity (Wildman–Crippen MR) is 106 cm³/mol. The van der Waals surface area contributed by atoms with Crippen LogP contribution < -0.4 is 14.8 Å². The van der Waals surface area contributed by atoms with E-state index in [1.54, 1.807) is 27.2 Å². The summed E-state index contributed by atoms with van der Waals surface area (Å²) < 4.78 is 15.8. The van der Waals surface area contributed by atoms with Crippen molar-refractivity contribution in [2.24, 2.45) is 0 Å². The molecule has 7 nitrogen and oxygen atoms in total. The second-order valence-corrected chi connectivity index (χ2v) is 6.80. The summed E-state index contributed by atoms with van der Waals surface area (Å²) in [5.41, 5.74) is 1.56. The third-order valence-corrected chi connectivity index (χ3v) is 5.14. The highest BCUT2D eigenvalue weighted by Gasteiger charge is 2.21. The van der Waals surface area contributed by atoms with Crippen LogP contribution >= 0.6 is 11.3 Å². The van der Waals surface area contributed by atoms with Gasteiger partial charge in [-0.05, 0) is 26.3 Å². The maximum Gasteiger partial charge on any atom is 0.348 e. The first-order valence-corrected chi connectivity index (χ1v) is 9.23. The fraction of sp³-hybridized carbons (Fsp3) is 0.316. The van der Waals surface area contributed by atoms with Crippen LogP contribution in [0.5, 0.6) is 11.5 Å². The number of methoxy groups -OCH3 is 2. The lowest BCUT2D eigenvalue weighted by molar-refractivity contribution is 0.0531. The highest BCUT2D eigenvalue weighted by molar-refractivity contribution is 7.20. The minimum atomic E-state index is -0.343. The predicted octanol–water partition coefficient (Wildman–Crippen LogP) is 4.25. The molecule has 0 radical (unpaired) electrons. The van der Waals surface area contributed by atoms with E-state index in [4.69, 9.17) is 14.2 Å². The zero-order valence-electron chi connectivity index (χ0n) is 15.9. The zero-order chi connectivity index (χ0) is 19.6. The number of ether oxygens (including phenoxy) is 3. The van der Waals surface area contributed by atoms with Crippen LogP contribution in [0, 0.1) is 13.8 Å². The van der Waals surface area contributed by atoms with E-state index >= 15 is 0 Å². The number of carbonyl (C=O) groups excluding carboxylic acids is 1. The Morgan fingerprint density at radius 2 is 1.78 bits per heavy atom. The van der Waals surface area contributed by atoms with Crippen LogP contribution in [-0.2, 0) is 4.74 Å². The Morgan fingerprint density at radius 3 is 2.37 bits per heavy atom. The minimum absolute atomic E-state index is 0.325. The molecule has 1 N–H and O–H groups in total. The summed E-state index contributed by atoms with van der Waals surface area (Å²) in [7, 11) is 3.19. The van der Waals surface area contributed by atoms with E-state index in [0.717, 1.165) is 21.5 Å². The summed E-state index contributed by atoms with van der Waals surface area (Å²) in [5, 5.41) is 4.11. The Balaban J connectivity index is 2.10. The number of anilines is 2. The van der Waals surface area contributed by atoms with Gasteiger partial charge in [0.1, 0.15) is 32.8 Å². The molecule has 27 heavy (non-hydrogen) atoms. The van der Waals surface area contributed by atoms with Crippen molar-refractivity contribution in [3.63, 3.8) is 0 Å². The second kappa shape index (κ2) is 7.79. The number of nitrogens with zero attached hydrogens (tertiary/aromatic N) is 2. The van der Waals surface area contributed by atoms with Crippen molar-refractivity contribution in [2.75, 3.05) is 26.1 Å². The van der Waals surface area contributed by atoms with Gasteiger partial charge in [0, 0.05) is 23.9 Å². The van der Waals surface area contributed by atoms with Gasteiger partial charge in [-0.25, -0.2) is 14.8 Å². The Hall–Kier alpha value is -2.87. The molecule has 0 unspecified atom stereocenters. The molecule has 3 rings (SSSR count). The topological polar surface area (TPSA) is 82.6 Å². The number of hydrogen-bond acceptors (Lipinski definition) is 8. The molecule has 0 atom stereocenters. The fourth-order valence-corrected chi connectivity index (χ4v) is 3.86. The number of carbonyl (C=O) groups is 1. The number of rotatable bonds is 6. The van der Waals surface area contributed by atoms with Gasteiger partial charge in [0.2, 0.25) is 0 Å². The molecule has 0 saturated carbocycles. The maximum absolute atomic E-state index is 12.2. The number of hydrogen-bond donors (Lipinski definition) is 1. The average molecular weight is 387 g/mol. The molecule has 2 aromatic heterocycles. The molecule has 8 heteroatoms. The summed E-state index contributed by atoms with van der Waals surface area (Å²) in [6, 6.07) is 5.49. The van der Waals surface area contributed by atoms with Gasteiger partial charge in [0.25, 0.3) is 0 Å². The number of nitrogens with one attached hydrogen (secondary N) is 1. The molecule has 0 fully saturated rings. The minimum Gasteiger partial charge on any atom is -0.497 e. The highest BCUT2D eigenvalue weighted by Crippen LogP contribution is 2.36. The van der Waals surface area contributed by atoms with Gasteiger partial charge in [-0.1, -0.05) is 0 Å². The SMILES string of the molecule is CCOC(=O)c1sc2nc(C)nc(Nc3cc(OC)cc(OC)c3)c2c1C. The number of fused-ring (bicyclic) bond motifs is 1. The summed E-state index contributed by atoms with van der Waals surface area (Å²) in [6.45, 7) is 5.80. The summed E-state index contributed by atoms with van der Waals surface area (Å²) in [4.78, 5) is 22.5. The van der Waals surface area contributed by atoms with E-state index in [0.29, 0.717) is 34.6 Å². The van der Waals surface area contributed by atoms with Gasteiger partial charge in [0.15, 0.2) is 0 Å². The normalized spacial score (nSPS) is 10.7. The largest absolute Gasteiger partial charge is 0.497 e. The molecule has 2 heterocycles. The van der Waals surface area contributed by atoms with Crippen LogP contribution in [0.4, 0.5) is 11.5 Å². The molecule has 0 aliphatic carbocycles. The third kappa shape index (κ3) is 3.80. The quantitative estimate of drug-likeness (QED) is 0.633. The molecular formula is C19H21N3O4S. The van der Waals surface area contributed by atoms with Gasteiger partial charge in [-0.15, -0.1) is 11.3 Å². The first-order chi connectivity index (χ1) is 13.0. The number of aryl methyl sites for hydroxylation is 2. The van der Waals surface area contributed by atoms with E-state index in [2.05, 4.69) is 15.3 Å². The van der Waals surface area contributed by atoms with E-state index in [9.17, 15) is 4.79 Å². The summed E-state index contributed by atoms with van der Waals surface area (Å²) >= 11 is 1.31. The average Bonchev–Trinajstić information content (AvgIpc) is 2.98. The van der Waals surface area contributed by atoms with Crippen LogP contribution in [0.2, 0.25) is 0 Å². The maximum atomic E-state index is 12.2. The van der Waals surface area contributed by atoms with E-state index in [-0.39, 0.29) is 5.97 Å². The molecule has 0 saturated heterocycles. The van der Waals surface area contributed by atoms with Crippen molar-refractivity contribution in [2.45, 2.75) is 20.8 Å². The summed E-state index contributed by atoms with van der Waals surface area (Å²) in [6.07, 6.45) is 0. The van der Waals surface area contributed by atoms with E-state index < -0.39 is 0 Å². The molecule has 142 valence electrons. The summed E-state index contributed by atoms with van der Waals surface area (Å²) in [5.74, 6) is 2.21. The van der Waals surface area contributed by atoms with Crippen LogP contribution in [0.15, 0.2) is 18.2 Å². The number of thiophene rings is 1. The van der Waals surface area contributed by atoms with Crippen molar-refractivity contribution in [1.82, 2.24) is 9.97 Å². The first kappa shape index (κ1) is 18.9. The Kier molecular flexibility index (Phi) is 5.46. The Bertz CT molecular complexity index is 978. The van der Waals surface area contributed by atoms with Gasteiger partial charge in [-0.2, -0.15) is 0 Å². The monoisotopic (exact) mass is 387 g/mol. The molecule has 3 aromatic rings. The molecule has 0 bridgehead atoms. The highest BCUT2D eigenvalue weighted by atomic mass is 32.1. The zero-order valence-corrected chi connectivity index (χ0v) is 16.7. The standard InChI is InChI=1S/C19H21N3O4S/c1-6-26-19(23)16-10(2)15-17(20-11(3)21-18(15)27-16)22-12-7-13(24-4)9-14(8-12)25-5/h7-9H,6H2,1-5H3,(H,20,21,22). The number of esters is 1. The number of aromatic nitrogens is 2. The van der Waals surface area contributed by atoms with Gasteiger partial charge in [-0.3, -0.25) is 0 Å². The lowest BCUT2D eigenvalue weighted by atomic mass is 10.2. The van der Waals surface area contributed by atoms with E-state index in [1.165, 1.54) is 11.3 Å². The Labute approximate surface area is 161 Å². The van der Waals surface area contributed by atoms with Gasteiger partial charge >= 0.3 is 5.97 Å². The molecule has 0 aliphatic rings. The number of benzene rings is 1. The molecule has 0 aliphatic heterocycles. The van der Waals surface area contributed by atoms with Crippen molar-refractivity contribution >= 4 is 39.0 Å². The van der Waals surface area contributed by atoms with Crippen LogP contribution in [0.3, 0.4) is 0 Å².